The van der Waals surface area contributed by atoms with Crippen LogP contribution < -0.4 is 33.9 Å². The van der Waals surface area contributed by atoms with E-state index < -0.39 is 0 Å². The summed E-state index contributed by atoms with van der Waals surface area (Å²) >= 11 is 0. The van der Waals surface area contributed by atoms with Gasteiger partial charge < -0.3 is 24.8 Å². The summed E-state index contributed by atoms with van der Waals surface area (Å²) < 4.78 is 4.43. The topological polar surface area (TPSA) is 7.76 Å². The number of hydrogen-bond donors (Lipinski definition) is 0. The molecule has 0 unspecified atom stereocenters. The summed E-state index contributed by atoms with van der Waals surface area (Å²) in [6.45, 7) is 4.18. The van der Waals surface area contributed by atoms with Gasteiger partial charge in [0.2, 0.25) is 0 Å². The minimum atomic E-state index is 0. The number of benzene rings is 1. The zero-order chi connectivity index (χ0) is 15.2. The number of halogens is 2. The number of hydrogen-bond acceptors (Lipinski definition) is 0. The average molecular weight is 361 g/mol. The molecule has 126 valence electrons. The molecular formula is C20H22Cl2N2. The molecule has 3 aromatic rings. The van der Waals surface area contributed by atoms with E-state index in [2.05, 4.69) is 95.4 Å². The van der Waals surface area contributed by atoms with E-state index in [-0.39, 0.29) is 24.8 Å². The van der Waals surface area contributed by atoms with Gasteiger partial charge in [0, 0.05) is 36.2 Å². The van der Waals surface area contributed by atoms with Crippen molar-refractivity contribution >= 4 is 0 Å². The van der Waals surface area contributed by atoms with Crippen molar-refractivity contribution in [3.8, 4) is 11.1 Å². The summed E-state index contributed by atoms with van der Waals surface area (Å²) in [6, 6.07) is 19.3. The molecule has 2 heterocycles. The van der Waals surface area contributed by atoms with Gasteiger partial charge in [-0.15, -0.1) is 0 Å². The van der Waals surface area contributed by atoms with Crippen LogP contribution in [-0.2, 0) is 13.1 Å². The van der Waals surface area contributed by atoms with E-state index in [1.807, 2.05) is 0 Å². The van der Waals surface area contributed by atoms with Crippen molar-refractivity contribution in [3.63, 3.8) is 0 Å². The molecule has 0 atom stereocenters. The third-order valence-corrected chi connectivity index (χ3v) is 3.81. The molecule has 0 N–H and O–H groups in total. The Morgan fingerprint density at radius 1 is 0.667 bits per heavy atom. The number of nitrogens with zero attached hydrogens (tertiary/aromatic N) is 2. The predicted molar refractivity (Wildman–Crippen MR) is 88.1 cm³/mol. The lowest BCUT2D eigenvalue weighted by Gasteiger charge is -2.01. The Kier molecular flexibility index (Phi) is 8.45. The van der Waals surface area contributed by atoms with Gasteiger partial charge in [0.1, 0.15) is 6.54 Å². The maximum Gasteiger partial charge on any atom is 0.173 e. The molecular weight excluding hydrogens is 339 g/mol. The van der Waals surface area contributed by atoms with E-state index in [4.69, 9.17) is 0 Å². The second-order valence-corrected chi connectivity index (χ2v) is 5.57. The smallest absolute Gasteiger partial charge is 0.173 e. The molecule has 0 aliphatic carbocycles. The van der Waals surface area contributed by atoms with Crippen LogP contribution in [0.2, 0.25) is 0 Å². The van der Waals surface area contributed by atoms with Crippen LogP contribution in [0, 0.1) is 0 Å². The van der Waals surface area contributed by atoms with Crippen LogP contribution in [0.3, 0.4) is 0 Å². The fourth-order valence-electron chi connectivity index (χ4n) is 2.61. The first kappa shape index (κ1) is 20.1. The zero-order valence-electron chi connectivity index (χ0n) is 13.8. The van der Waals surface area contributed by atoms with Gasteiger partial charge in [0.15, 0.2) is 31.3 Å². The van der Waals surface area contributed by atoms with E-state index in [1.165, 1.54) is 16.7 Å². The third kappa shape index (κ3) is 5.33. The SMILES string of the molecule is CCC[n+]1ccc(-c2cc[n+](Cc3ccccc3)cc2)cc1.[Cl-].[Cl-]. The Balaban J connectivity index is 0.00000144. The van der Waals surface area contributed by atoms with Gasteiger partial charge in [-0.1, -0.05) is 37.3 Å². The summed E-state index contributed by atoms with van der Waals surface area (Å²) in [5.41, 5.74) is 3.84. The summed E-state index contributed by atoms with van der Waals surface area (Å²) in [6.07, 6.45) is 9.77. The summed E-state index contributed by atoms with van der Waals surface area (Å²) in [5.74, 6) is 0. The molecule has 0 radical (unpaired) electrons. The van der Waals surface area contributed by atoms with E-state index in [0.29, 0.717) is 0 Å². The largest absolute Gasteiger partial charge is 1.00 e. The van der Waals surface area contributed by atoms with Crippen LogP contribution in [-0.4, -0.2) is 0 Å². The van der Waals surface area contributed by atoms with Gasteiger partial charge >= 0.3 is 0 Å². The van der Waals surface area contributed by atoms with Gasteiger partial charge in [-0.05, 0) is 11.1 Å². The van der Waals surface area contributed by atoms with Crippen molar-refractivity contribution in [3.05, 3.63) is 84.9 Å². The van der Waals surface area contributed by atoms with Crippen molar-refractivity contribution in [2.75, 3.05) is 0 Å². The van der Waals surface area contributed by atoms with E-state index in [0.717, 1.165) is 19.5 Å². The first-order chi connectivity index (χ1) is 10.8. The predicted octanol–water partition coefficient (Wildman–Crippen LogP) is -2.61. The normalized spacial score (nSPS) is 9.71. The Labute approximate surface area is 156 Å². The monoisotopic (exact) mass is 360 g/mol. The molecule has 0 amide bonds. The minimum Gasteiger partial charge on any atom is -1.00 e. The highest BCUT2D eigenvalue weighted by molar-refractivity contribution is 5.60. The molecule has 0 fully saturated rings. The van der Waals surface area contributed by atoms with Crippen molar-refractivity contribution in [1.29, 1.82) is 0 Å². The molecule has 4 heteroatoms. The van der Waals surface area contributed by atoms with E-state index >= 15 is 0 Å². The van der Waals surface area contributed by atoms with Crippen LogP contribution in [0.5, 0.6) is 0 Å². The number of rotatable bonds is 5. The standard InChI is InChI=1S/C20H22N2.2ClH/c1-2-12-21-13-8-19(9-14-21)20-10-15-22(16-11-20)17-18-6-4-3-5-7-18;;/h3-11,13-16H,2,12,17H2,1H3;2*1H/q+2;;/p-2. The second-order valence-electron chi connectivity index (χ2n) is 5.57. The number of pyridine rings is 2. The molecule has 0 aliphatic rings. The molecule has 3 rings (SSSR count). The lowest BCUT2D eigenvalue weighted by atomic mass is 10.1. The number of aryl methyl sites for hydroxylation is 1. The summed E-state index contributed by atoms with van der Waals surface area (Å²) in [5, 5.41) is 0. The average Bonchev–Trinajstić information content (AvgIpc) is 2.58. The van der Waals surface area contributed by atoms with Gasteiger partial charge in [-0.25, -0.2) is 9.13 Å². The molecule has 2 nitrogen and oxygen atoms in total. The van der Waals surface area contributed by atoms with Gasteiger partial charge in [-0.2, -0.15) is 0 Å². The van der Waals surface area contributed by atoms with Gasteiger partial charge in [0.05, 0.1) is 0 Å². The lowest BCUT2D eigenvalue weighted by molar-refractivity contribution is -0.696. The van der Waals surface area contributed by atoms with E-state index in [9.17, 15) is 0 Å². The molecule has 0 bridgehead atoms. The second kappa shape index (κ2) is 10.1. The number of aromatic nitrogens is 2. The molecule has 0 saturated carbocycles. The van der Waals surface area contributed by atoms with Gasteiger partial charge in [-0.3, -0.25) is 0 Å². The Bertz CT molecular complexity index is 711. The maximum atomic E-state index is 2.22. The van der Waals surface area contributed by atoms with Gasteiger partial charge in [0.25, 0.3) is 0 Å². The summed E-state index contributed by atoms with van der Waals surface area (Å²) in [4.78, 5) is 0. The van der Waals surface area contributed by atoms with E-state index in [1.54, 1.807) is 0 Å². The minimum absolute atomic E-state index is 0. The Morgan fingerprint density at radius 2 is 1.17 bits per heavy atom. The quantitative estimate of drug-likeness (QED) is 0.441. The highest BCUT2D eigenvalue weighted by Crippen LogP contribution is 2.15. The molecule has 24 heavy (non-hydrogen) atoms. The van der Waals surface area contributed by atoms with Crippen molar-refractivity contribution in [2.24, 2.45) is 0 Å². The molecule has 0 saturated heterocycles. The fourth-order valence-corrected chi connectivity index (χ4v) is 2.61. The lowest BCUT2D eigenvalue weighted by Crippen LogP contribution is -3.00. The third-order valence-electron chi connectivity index (χ3n) is 3.81. The highest BCUT2D eigenvalue weighted by Gasteiger charge is 2.06. The van der Waals surface area contributed by atoms with Crippen molar-refractivity contribution in [2.45, 2.75) is 26.4 Å². The van der Waals surface area contributed by atoms with Crippen LogP contribution in [0.25, 0.3) is 11.1 Å². The zero-order valence-corrected chi connectivity index (χ0v) is 15.3. The van der Waals surface area contributed by atoms with Crippen LogP contribution in [0.1, 0.15) is 18.9 Å². The van der Waals surface area contributed by atoms with Crippen molar-refractivity contribution < 1.29 is 33.9 Å². The summed E-state index contributed by atoms with van der Waals surface area (Å²) in [7, 11) is 0. The Morgan fingerprint density at radius 3 is 1.67 bits per heavy atom. The van der Waals surface area contributed by atoms with Crippen molar-refractivity contribution in [1.82, 2.24) is 0 Å². The molecule has 0 spiro atoms. The molecule has 2 aromatic heterocycles. The highest BCUT2D eigenvalue weighted by atomic mass is 35.5. The van der Waals surface area contributed by atoms with Crippen LogP contribution in [0.4, 0.5) is 0 Å². The molecule has 1 aromatic carbocycles. The van der Waals surface area contributed by atoms with Crippen LogP contribution >= 0.6 is 0 Å². The Hall–Kier alpha value is -1.90. The first-order valence-corrected chi connectivity index (χ1v) is 7.87. The maximum absolute atomic E-state index is 2.22. The fraction of sp³-hybridized carbons (Fsp3) is 0.200. The molecule has 0 aliphatic heterocycles. The van der Waals surface area contributed by atoms with Crippen LogP contribution in [0.15, 0.2) is 79.4 Å². The first-order valence-electron chi connectivity index (χ1n) is 7.87.